The number of carbonyl (C=O) groups excluding carboxylic acids is 2. The minimum absolute atomic E-state index is 0.125. The molecule has 0 rings (SSSR count). The number of Topliss-reactive ketones (excluding diaryl/α,β-unsaturated/α-hetero) is 1. The highest BCUT2D eigenvalue weighted by molar-refractivity contribution is 5.82. The van der Waals surface area contributed by atoms with Crippen molar-refractivity contribution in [2.45, 2.75) is 19.8 Å². The lowest BCUT2D eigenvalue weighted by atomic mass is 10.2. The van der Waals surface area contributed by atoms with Gasteiger partial charge < -0.3 is 9.53 Å². The van der Waals surface area contributed by atoms with Gasteiger partial charge in [0.15, 0.2) is 0 Å². The summed E-state index contributed by atoms with van der Waals surface area (Å²) >= 11 is 0. The van der Waals surface area contributed by atoms with E-state index in [1.54, 1.807) is 6.08 Å². The smallest absolute Gasteiger partial charge is 0.330 e. The van der Waals surface area contributed by atoms with Crippen molar-refractivity contribution in [3.63, 3.8) is 0 Å². The Balaban J connectivity index is 3.45. The number of hydrogen-bond acceptors (Lipinski definition) is 3. The Hall–Kier alpha value is -1.12. The molecule has 0 aromatic carbocycles. The molecule has 0 spiro atoms. The summed E-state index contributed by atoms with van der Waals surface area (Å²) in [6.07, 6.45) is 4.04. The first-order chi connectivity index (χ1) is 5.16. The molecule has 0 bridgehead atoms. The maximum Gasteiger partial charge on any atom is 0.330 e. The molecule has 0 atom stereocenters. The van der Waals surface area contributed by atoms with Crippen molar-refractivity contribution in [1.82, 2.24) is 0 Å². The van der Waals surface area contributed by atoms with Crippen molar-refractivity contribution in [2.24, 2.45) is 0 Å². The van der Waals surface area contributed by atoms with Gasteiger partial charge in [0.25, 0.3) is 0 Å². The largest absolute Gasteiger partial charge is 0.466 e. The van der Waals surface area contributed by atoms with Crippen LogP contribution in [0.3, 0.4) is 0 Å². The SMILES string of the molecule is COC(=O)C=CCCC(C)=O. The van der Waals surface area contributed by atoms with Crippen LogP contribution in [0.15, 0.2) is 12.2 Å². The average Bonchev–Trinajstić information content (AvgIpc) is 1.97. The predicted octanol–water partition coefficient (Wildman–Crippen LogP) is 1.08. The molecular formula is C8H12O3. The van der Waals surface area contributed by atoms with Crippen LogP contribution in [0.1, 0.15) is 19.8 Å². The van der Waals surface area contributed by atoms with Gasteiger partial charge in [0, 0.05) is 12.5 Å². The molecule has 0 saturated carbocycles. The second-order valence-corrected chi connectivity index (χ2v) is 2.17. The molecule has 0 saturated heterocycles. The van der Waals surface area contributed by atoms with E-state index in [4.69, 9.17) is 0 Å². The van der Waals surface area contributed by atoms with Gasteiger partial charge in [-0.15, -0.1) is 0 Å². The first-order valence-electron chi connectivity index (χ1n) is 3.40. The fourth-order valence-electron chi connectivity index (χ4n) is 0.534. The lowest BCUT2D eigenvalue weighted by Crippen LogP contribution is -1.94. The Bertz CT molecular complexity index is 170. The number of rotatable bonds is 4. The molecule has 0 radical (unpaired) electrons. The molecule has 3 nitrogen and oxygen atoms in total. The third-order valence-electron chi connectivity index (χ3n) is 1.12. The first kappa shape index (κ1) is 9.88. The van der Waals surface area contributed by atoms with E-state index < -0.39 is 0 Å². The van der Waals surface area contributed by atoms with E-state index in [9.17, 15) is 9.59 Å². The molecule has 0 N–H and O–H groups in total. The van der Waals surface area contributed by atoms with Gasteiger partial charge in [-0.2, -0.15) is 0 Å². The molecule has 0 aliphatic rings. The van der Waals surface area contributed by atoms with Crippen molar-refractivity contribution in [2.75, 3.05) is 7.11 Å². The minimum Gasteiger partial charge on any atom is -0.466 e. The number of ketones is 1. The molecule has 0 aliphatic carbocycles. The van der Waals surface area contributed by atoms with E-state index in [1.807, 2.05) is 0 Å². The van der Waals surface area contributed by atoms with Crippen LogP contribution in [0.5, 0.6) is 0 Å². The van der Waals surface area contributed by atoms with E-state index >= 15 is 0 Å². The average molecular weight is 156 g/mol. The van der Waals surface area contributed by atoms with Gasteiger partial charge in [-0.1, -0.05) is 6.08 Å². The Morgan fingerprint density at radius 2 is 2.09 bits per heavy atom. The molecule has 11 heavy (non-hydrogen) atoms. The predicted molar refractivity (Wildman–Crippen MR) is 41.1 cm³/mol. The zero-order valence-electron chi connectivity index (χ0n) is 6.79. The number of hydrogen-bond donors (Lipinski definition) is 0. The number of allylic oxidation sites excluding steroid dienone is 1. The third kappa shape index (κ3) is 6.77. The maximum atomic E-state index is 10.5. The molecule has 0 aromatic heterocycles. The highest BCUT2D eigenvalue weighted by Crippen LogP contribution is 1.92. The monoisotopic (exact) mass is 156 g/mol. The van der Waals surface area contributed by atoms with Crippen molar-refractivity contribution >= 4 is 11.8 Å². The fourth-order valence-corrected chi connectivity index (χ4v) is 0.534. The highest BCUT2D eigenvalue weighted by atomic mass is 16.5. The molecule has 0 unspecified atom stereocenters. The lowest BCUT2D eigenvalue weighted by molar-refractivity contribution is -0.134. The minimum atomic E-state index is -0.381. The summed E-state index contributed by atoms with van der Waals surface area (Å²) in [7, 11) is 1.32. The Morgan fingerprint density at radius 1 is 1.45 bits per heavy atom. The molecule has 0 amide bonds. The van der Waals surface area contributed by atoms with Crippen molar-refractivity contribution in [1.29, 1.82) is 0 Å². The van der Waals surface area contributed by atoms with Crippen LogP contribution < -0.4 is 0 Å². The van der Waals surface area contributed by atoms with E-state index in [0.717, 1.165) is 0 Å². The summed E-state index contributed by atoms with van der Waals surface area (Å²) in [4.78, 5) is 20.9. The molecule has 3 heteroatoms. The van der Waals surface area contributed by atoms with Gasteiger partial charge in [0.2, 0.25) is 0 Å². The normalized spacial score (nSPS) is 10.0. The Kier molecular flexibility index (Phi) is 5.07. The number of methoxy groups -OCH3 is 1. The van der Waals surface area contributed by atoms with Crippen LogP contribution in [0.4, 0.5) is 0 Å². The quantitative estimate of drug-likeness (QED) is 0.452. The summed E-state index contributed by atoms with van der Waals surface area (Å²) < 4.78 is 4.35. The van der Waals surface area contributed by atoms with E-state index in [0.29, 0.717) is 12.8 Å². The van der Waals surface area contributed by atoms with Gasteiger partial charge in [0.1, 0.15) is 5.78 Å². The maximum absolute atomic E-state index is 10.5. The van der Waals surface area contributed by atoms with Crippen LogP contribution >= 0.6 is 0 Å². The summed E-state index contributed by atoms with van der Waals surface area (Å²) in [5, 5.41) is 0. The topological polar surface area (TPSA) is 43.4 Å². The zero-order valence-corrected chi connectivity index (χ0v) is 6.79. The lowest BCUT2D eigenvalue weighted by Gasteiger charge is -1.89. The number of ether oxygens (including phenoxy) is 1. The fraction of sp³-hybridized carbons (Fsp3) is 0.500. The van der Waals surface area contributed by atoms with E-state index in [-0.39, 0.29) is 11.8 Å². The molecule has 0 aromatic rings. The van der Waals surface area contributed by atoms with Crippen LogP contribution in [-0.4, -0.2) is 18.9 Å². The van der Waals surface area contributed by atoms with E-state index in [2.05, 4.69) is 4.74 Å². The molecule has 0 fully saturated rings. The summed E-state index contributed by atoms with van der Waals surface area (Å²) in [5.41, 5.74) is 0. The summed E-state index contributed by atoms with van der Waals surface area (Å²) in [6.45, 7) is 1.52. The van der Waals surface area contributed by atoms with Gasteiger partial charge in [-0.25, -0.2) is 4.79 Å². The van der Waals surface area contributed by atoms with Crippen molar-refractivity contribution < 1.29 is 14.3 Å². The van der Waals surface area contributed by atoms with Gasteiger partial charge in [0.05, 0.1) is 7.11 Å². The zero-order chi connectivity index (χ0) is 8.69. The standard InChI is InChI=1S/C8H12O3/c1-7(9)5-3-4-6-8(10)11-2/h4,6H,3,5H2,1-2H3. The van der Waals surface area contributed by atoms with E-state index in [1.165, 1.54) is 20.1 Å². The first-order valence-corrected chi connectivity index (χ1v) is 3.40. The highest BCUT2D eigenvalue weighted by Gasteiger charge is 1.91. The van der Waals surface area contributed by atoms with Crippen LogP contribution in [0.25, 0.3) is 0 Å². The number of esters is 1. The van der Waals surface area contributed by atoms with Gasteiger partial charge >= 0.3 is 5.97 Å². The van der Waals surface area contributed by atoms with Crippen molar-refractivity contribution in [3.8, 4) is 0 Å². The van der Waals surface area contributed by atoms with Crippen LogP contribution in [0, 0.1) is 0 Å². The Morgan fingerprint density at radius 3 is 2.55 bits per heavy atom. The molecular weight excluding hydrogens is 144 g/mol. The summed E-state index contributed by atoms with van der Waals surface area (Å²) in [5.74, 6) is -0.256. The number of carbonyl (C=O) groups is 2. The van der Waals surface area contributed by atoms with Crippen molar-refractivity contribution in [3.05, 3.63) is 12.2 Å². The summed E-state index contributed by atoms with van der Waals surface area (Å²) in [6, 6.07) is 0. The Labute approximate surface area is 66.0 Å². The molecule has 62 valence electrons. The van der Waals surface area contributed by atoms with Crippen LogP contribution in [0.2, 0.25) is 0 Å². The second-order valence-electron chi connectivity index (χ2n) is 2.17. The van der Waals surface area contributed by atoms with Gasteiger partial charge in [-0.3, -0.25) is 0 Å². The molecule has 0 aliphatic heterocycles. The second kappa shape index (κ2) is 5.65. The molecule has 0 heterocycles. The van der Waals surface area contributed by atoms with Crippen LogP contribution in [-0.2, 0) is 14.3 Å². The van der Waals surface area contributed by atoms with Gasteiger partial charge in [-0.05, 0) is 13.3 Å². The third-order valence-corrected chi connectivity index (χ3v) is 1.12.